The maximum atomic E-state index is 9.58. The first-order valence-electron chi connectivity index (χ1n) is 5.22. The molecule has 0 aromatic heterocycles. The van der Waals surface area contributed by atoms with Crippen molar-refractivity contribution >= 4 is 11.6 Å². The van der Waals surface area contributed by atoms with Gasteiger partial charge in [-0.15, -0.1) is 0 Å². The Morgan fingerprint density at radius 3 is 2.67 bits per heavy atom. The summed E-state index contributed by atoms with van der Waals surface area (Å²) in [5, 5.41) is 19.0. The summed E-state index contributed by atoms with van der Waals surface area (Å²) in [5.41, 5.74) is 1.77. The van der Waals surface area contributed by atoms with E-state index in [1.807, 2.05) is 6.07 Å². The maximum Gasteiger partial charge on any atom is 0.119 e. The topological polar surface area (TPSA) is 53.2 Å². The first-order valence-corrected chi connectivity index (χ1v) is 5.60. The second-order valence-electron chi connectivity index (χ2n) is 3.73. The predicted molar refractivity (Wildman–Crippen MR) is 69.8 cm³/mol. The van der Waals surface area contributed by atoms with Gasteiger partial charge in [-0.1, -0.05) is 11.6 Å². The van der Waals surface area contributed by atoms with Crippen molar-refractivity contribution in [3.63, 3.8) is 0 Å². The summed E-state index contributed by atoms with van der Waals surface area (Å²) in [4.78, 5) is 0. The van der Waals surface area contributed by atoms with Crippen molar-refractivity contribution in [3.8, 4) is 28.7 Å². The molecule has 0 bridgehead atoms. The molecule has 0 aliphatic heterocycles. The van der Waals surface area contributed by atoms with Crippen LogP contribution in [-0.2, 0) is 0 Å². The van der Waals surface area contributed by atoms with E-state index in [1.54, 1.807) is 37.4 Å². The number of nitrogens with zero attached hydrogens (tertiary/aromatic N) is 1. The van der Waals surface area contributed by atoms with E-state index in [4.69, 9.17) is 21.6 Å². The highest BCUT2D eigenvalue weighted by Crippen LogP contribution is 2.33. The smallest absolute Gasteiger partial charge is 0.119 e. The van der Waals surface area contributed by atoms with Gasteiger partial charge in [-0.3, -0.25) is 0 Å². The summed E-state index contributed by atoms with van der Waals surface area (Å²) in [6.07, 6.45) is 0. The third kappa shape index (κ3) is 2.39. The lowest BCUT2D eigenvalue weighted by Crippen LogP contribution is -1.86. The summed E-state index contributed by atoms with van der Waals surface area (Å²) in [5.74, 6) is 0.694. The second kappa shape index (κ2) is 4.99. The molecule has 0 radical (unpaired) electrons. The average molecular weight is 260 g/mol. The first kappa shape index (κ1) is 12.3. The summed E-state index contributed by atoms with van der Waals surface area (Å²) < 4.78 is 5.13. The van der Waals surface area contributed by atoms with Crippen molar-refractivity contribution in [1.29, 1.82) is 5.26 Å². The minimum Gasteiger partial charge on any atom is -0.508 e. The molecule has 0 aliphatic carbocycles. The number of benzene rings is 2. The molecule has 0 fully saturated rings. The molecule has 0 amide bonds. The number of methoxy groups -OCH3 is 1. The average Bonchev–Trinajstić information content (AvgIpc) is 2.38. The highest BCUT2D eigenvalue weighted by atomic mass is 35.5. The molecule has 90 valence electrons. The molecule has 0 spiro atoms. The molecule has 2 aromatic rings. The van der Waals surface area contributed by atoms with Crippen LogP contribution in [0.4, 0.5) is 0 Å². The summed E-state index contributed by atoms with van der Waals surface area (Å²) in [7, 11) is 1.57. The van der Waals surface area contributed by atoms with Crippen LogP contribution in [0.3, 0.4) is 0 Å². The zero-order chi connectivity index (χ0) is 13.1. The molecule has 3 nitrogen and oxygen atoms in total. The number of phenolic OH excluding ortho intramolecular Hbond substituents is 1. The molecule has 0 atom stereocenters. The summed E-state index contributed by atoms with van der Waals surface area (Å²) >= 11 is 6.12. The van der Waals surface area contributed by atoms with Crippen molar-refractivity contribution in [3.05, 3.63) is 47.0 Å². The van der Waals surface area contributed by atoms with Gasteiger partial charge in [0.2, 0.25) is 0 Å². The Balaban J connectivity index is 2.61. The summed E-state index contributed by atoms with van der Waals surface area (Å²) in [6, 6.07) is 11.8. The van der Waals surface area contributed by atoms with Gasteiger partial charge in [0.15, 0.2) is 0 Å². The van der Waals surface area contributed by atoms with Gasteiger partial charge in [-0.25, -0.2) is 0 Å². The molecule has 2 rings (SSSR count). The van der Waals surface area contributed by atoms with Crippen molar-refractivity contribution in [2.45, 2.75) is 0 Å². The first-order chi connectivity index (χ1) is 8.63. The SMILES string of the molecule is COc1ccc(Cl)c(-c2cc(O)cc(C#N)c2)c1. The van der Waals surface area contributed by atoms with Crippen molar-refractivity contribution in [2.24, 2.45) is 0 Å². The van der Waals surface area contributed by atoms with Crippen LogP contribution in [0, 0.1) is 11.3 Å². The lowest BCUT2D eigenvalue weighted by molar-refractivity contribution is 0.415. The maximum absolute atomic E-state index is 9.58. The van der Waals surface area contributed by atoms with E-state index < -0.39 is 0 Å². The minimum atomic E-state index is 0.0305. The van der Waals surface area contributed by atoms with Crippen molar-refractivity contribution in [2.75, 3.05) is 7.11 Å². The van der Waals surface area contributed by atoms with Crippen LogP contribution in [0.15, 0.2) is 36.4 Å². The Kier molecular flexibility index (Phi) is 3.40. The van der Waals surface area contributed by atoms with Gasteiger partial charge < -0.3 is 9.84 Å². The van der Waals surface area contributed by atoms with E-state index >= 15 is 0 Å². The highest BCUT2D eigenvalue weighted by molar-refractivity contribution is 6.33. The van der Waals surface area contributed by atoms with E-state index in [0.29, 0.717) is 27.5 Å². The number of aromatic hydroxyl groups is 1. The minimum absolute atomic E-state index is 0.0305. The molecule has 0 aliphatic rings. The number of hydrogen-bond acceptors (Lipinski definition) is 3. The number of nitriles is 1. The molecule has 0 saturated heterocycles. The van der Waals surface area contributed by atoms with Gasteiger partial charge in [0.1, 0.15) is 11.5 Å². The number of halogens is 1. The van der Waals surface area contributed by atoms with Crippen molar-refractivity contribution < 1.29 is 9.84 Å². The standard InChI is InChI=1S/C14H10ClNO2/c1-18-12-2-3-14(15)13(7-12)10-4-9(8-16)5-11(17)6-10/h2-7,17H,1H3. The molecular weight excluding hydrogens is 250 g/mol. The van der Waals surface area contributed by atoms with Gasteiger partial charge in [-0.05, 0) is 42.0 Å². The Labute approximate surface area is 110 Å². The molecule has 18 heavy (non-hydrogen) atoms. The van der Waals surface area contributed by atoms with Crippen LogP contribution < -0.4 is 4.74 Å². The lowest BCUT2D eigenvalue weighted by atomic mass is 10.0. The molecule has 1 N–H and O–H groups in total. The van der Waals surface area contributed by atoms with Crippen LogP contribution in [0.25, 0.3) is 11.1 Å². The fourth-order valence-corrected chi connectivity index (χ4v) is 1.91. The van der Waals surface area contributed by atoms with E-state index in [9.17, 15) is 5.11 Å². The number of phenols is 1. The highest BCUT2D eigenvalue weighted by Gasteiger charge is 2.08. The van der Waals surface area contributed by atoms with Crippen LogP contribution in [0.1, 0.15) is 5.56 Å². The quantitative estimate of drug-likeness (QED) is 0.897. The largest absolute Gasteiger partial charge is 0.508 e. The Morgan fingerprint density at radius 1 is 1.22 bits per heavy atom. The van der Waals surface area contributed by atoms with E-state index in [1.165, 1.54) is 6.07 Å². The van der Waals surface area contributed by atoms with E-state index in [0.717, 1.165) is 0 Å². The molecular formula is C14H10ClNO2. The van der Waals surface area contributed by atoms with Crippen molar-refractivity contribution in [1.82, 2.24) is 0 Å². The van der Waals surface area contributed by atoms with E-state index in [2.05, 4.69) is 0 Å². The third-order valence-corrected chi connectivity index (χ3v) is 2.86. The number of rotatable bonds is 2. The normalized spacial score (nSPS) is 9.83. The Hall–Kier alpha value is -2.18. The van der Waals surface area contributed by atoms with E-state index in [-0.39, 0.29) is 5.75 Å². The fraction of sp³-hybridized carbons (Fsp3) is 0.0714. The zero-order valence-corrected chi connectivity index (χ0v) is 10.4. The van der Waals surface area contributed by atoms with Gasteiger partial charge in [0.25, 0.3) is 0 Å². The third-order valence-electron chi connectivity index (χ3n) is 2.53. The monoisotopic (exact) mass is 259 g/mol. The fourth-order valence-electron chi connectivity index (χ4n) is 1.68. The Morgan fingerprint density at radius 2 is 2.00 bits per heavy atom. The second-order valence-corrected chi connectivity index (χ2v) is 4.13. The Bertz CT molecular complexity index is 632. The van der Waals surface area contributed by atoms with Crippen LogP contribution >= 0.6 is 11.6 Å². The van der Waals surface area contributed by atoms with Gasteiger partial charge in [0, 0.05) is 10.6 Å². The molecule has 0 saturated carbocycles. The van der Waals surface area contributed by atoms with Gasteiger partial charge >= 0.3 is 0 Å². The summed E-state index contributed by atoms with van der Waals surface area (Å²) in [6.45, 7) is 0. The lowest BCUT2D eigenvalue weighted by Gasteiger charge is -2.08. The zero-order valence-electron chi connectivity index (χ0n) is 9.64. The van der Waals surface area contributed by atoms with Crippen LogP contribution in [0.5, 0.6) is 11.5 Å². The van der Waals surface area contributed by atoms with Gasteiger partial charge in [-0.2, -0.15) is 5.26 Å². The molecule has 0 unspecified atom stereocenters. The van der Waals surface area contributed by atoms with Crippen LogP contribution in [0.2, 0.25) is 5.02 Å². The number of ether oxygens (including phenoxy) is 1. The number of hydrogen-bond donors (Lipinski definition) is 1. The molecule has 0 heterocycles. The molecule has 2 aromatic carbocycles. The molecule has 4 heteroatoms. The van der Waals surface area contributed by atoms with Crippen LogP contribution in [-0.4, -0.2) is 12.2 Å². The van der Waals surface area contributed by atoms with Gasteiger partial charge in [0.05, 0.1) is 18.7 Å². The predicted octanol–water partition coefficient (Wildman–Crippen LogP) is 3.59.